The fourth-order valence-electron chi connectivity index (χ4n) is 3.30. The number of rotatable bonds is 4. The van der Waals surface area contributed by atoms with Crippen LogP contribution in [0.2, 0.25) is 0 Å². The first-order valence-electron chi connectivity index (χ1n) is 7.85. The molecule has 2 nitrogen and oxygen atoms in total. The molecule has 0 saturated heterocycles. The summed E-state index contributed by atoms with van der Waals surface area (Å²) in [6, 6.07) is 16.8. The van der Waals surface area contributed by atoms with Gasteiger partial charge in [-0.1, -0.05) is 61.9 Å². The maximum absolute atomic E-state index is 6.90. The van der Waals surface area contributed by atoms with Gasteiger partial charge < -0.3 is 10.5 Å². The highest BCUT2D eigenvalue weighted by atomic mass is 16.5. The summed E-state index contributed by atoms with van der Waals surface area (Å²) in [6.07, 6.45) is 4.12. The maximum Gasteiger partial charge on any atom is 0.127 e. The molecule has 2 aromatic rings. The van der Waals surface area contributed by atoms with E-state index in [1.165, 1.54) is 5.56 Å². The quantitative estimate of drug-likeness (QED) is 0.919. The molecule has 0 fully saturated rings. The summed E-state index contributed by atoms with van der Waals surface area (Å²) in [5, 5.41) is 0. The molecule has 110 valence electrons. The molecule has 0 aliphatic carbocycles. The molecule has 0 bridgehead atoms. The summed E-state index contributed by atoms with van der Waals surface area (Å²) < 4.78 is 5.99. The number of aryl methyl sites for hydroxylation is 1. The lowest BCUT2D eigenvalue weighted by Gasteiger charge is -2.34. The Balaban J connectivity index is 2.14. The van der Waals surface area contributed by atoms with E-state index in [1.54, 1.807) is 0 Å². The molecule has 1 heterocycles. The highest BCUT2D eigenvalue weighted by molar-refractivity contribution is 5.51. The van der Waals surface area contributed by atoms with Crippen molar-refractivity contribution in [3.05, 3.63) is 65.2 Å². The molecule has 0 spiro atoms. The normalized spacial score (nSPS) is 16.7. The van der Waals surface area contributed by atoms with E-state index in [0.717, 1.165) is 49.2 Å². The zero-order chi connectivity index (χ0) is 14.7. The van der Waals surface area contributed by atoms with Crippen LogP contribution in [0, 0.1) is 0 Å². The lowest BCUT2D eigenvalue weighted by molar-refractivity contribution is 0.278. The molecule has 2 aromatic carbocycles. The number of benzene rings is 2. The number of hydrogen-bond donors (Lipinski definition) is 1. The van der Waals surface area contributed by atoms with Gasteiger partial charge in [-0.25, -0.2) is 0 Å². The zero-order valence-electron chi connectivity index (χ0n) is 12.6. The molecule has 1 atom stereocenters. The van der Waals surface area contributed by atoms with Crippen LogP contribution in [0.4, 0.5) is 0 Å². The van der Waals surface area contributed by atoms with Crippen LogP contribution in [0.1, 0.15) is 42.9 Å². The van der Waals surface area contributed by atoms with E-state index in [1.807, 2.05) is 6.07 Å². The minimum absolute atomic E-state index is 0.474. The van der Waals surface area contributed by atoms with Crippen molar-refractivity contribution < 1.29 is 4.74 Å². The summed E-state index contributed by atoms with van der Waals surface area (Å²) in [4.78, 5) is 0. The first-order valence-corrected chi connectivity index (χ1v) is 7.85. The first-order chi connectivity index (χ1) is 10.3. The van der Waals surface area contributed by atoms with Crippen LogP contribution in [0.3, 0.4) is 0 Å². The molecule has 1 aliphatic heterocycles. The van der Waals surface area contributed by atoms with Crippen molar-refractivity contribution in [3.63, 3.8) is 0 Å². The topological polar surface area (TPSA) is 35.2 Å². The van der Waals surface area contributed by atoms with Gasteiger partial charge >= 0.3 is 0 Å². The minimum atomic E-state index is -0.474. The van der Waals surface area contributed by atoms with Crippen LogP contribution < -0.4 is 10.5 Å². The van der Waals surface area contributed by atoms with Gasteiger partial charge in [-0.15, -0.1) is 0 Å². The molecule has 0 aromatic heterocycles. The second-order valence-electron chi connectivity index (χ2n) is 5.83. The minimum Gasteiger partial charge on any atom is -0.493 e. The second-order valence-corrected chi connectivity index (χ2v) is 5.83. The molecule has 1 unspecified atom stereocenters. The van der Waals surface area contributed by atoms with Crippen molar-refractivity contribution in [1.29, 1.82) is 0 Å². The van der Waals surface area contributed by atoms with Gasteiger partial charge in [0.25, 0.3) is 0 Å². The van der Waals surface area contributed by atoms with Crippen LogP contribution in [0.15, 0.2) is 48.5 Å². The third-order valence-electron chi connectivity index (χ3n) is 4.35. The van der Waals surface area contributed by atoms with Gasteiger partial charge in [-0.05, 0) is 30.4 Å². The van der Waals surface area contributed by atoms with Crippen molar-refractivity contribution in [2.75, 3.05) is 6.61 Å². The van der Waals surface area contributed by atoms with E-state index >= 15 is 0 Å². The number of nitrogens with two attached hydrogens (primary N) is 1. The predicted molar refractivity (Wildman–Crippen MR) is 86.6 cm³/mol. The van der Waals surface area contributed by atoms with E-state index in [-0.39, 0.29) is 0 Å². The smallest absolute Gasteiger partial charge is 0.127 e. The Hall–Kier alpha value is -1.80. The Morgan fingerprint density at radius 3 is 2.67 bits per heavy atom. The summed E-state index contributed by atoms with van der Waals surface area (Å²) in [5.74, 6) is 1.02. The highest BCUT2D eigenvalue weighted by Crippen LogP contribution is 2.40. The van der Waals surface area contributed by atoms with Crippen LogP contribution in [0.5, 0.6) is 5.75 Å². The molecule has 2 N–H and O–H groups in total. The second kappa shape index (κ2) is 5.90. The Bertz CT molecular complexity index is 608. The predicted octanol–water partition coefficient (Wildman–Crippen LogP) is 4.01. The van der Waals surface area contributed by atoms with Crippen LogP contribution in [-0.2, 0) is 12.0 Å². The van der Waals surface area contributed by atoms with Gasteiger partial charge in [0.05, 0.1) is 12.1 Å². The van der Waals surface area contributed by atoms with Crippen molar-refractivity contribution in [2.45, 2.75) is 38.1 Å². The van der Waals surface area contributed by atoms with E-state index < -0.39 is 5.54 Å². The lowest BCUT2D eigenvalue weighted by Crippen LogP contribution is -2.38. The first kappa shape index (κ1) is 14.2. The summed E-state index contributed by atoms with van der Waals surface area (Å²) >= 11 is 0. The molecule has 0 radical (unpaired) electrons. The third-order valence-corrected chi connectivity index (χ3v) is 4.35. The van der Waals surface area contributed by atoms with Crippen molar-refractivity contribution in [3.8, 4) is 5.75 Å². The number of para-hydroxylation sites is 1. The molecule has 3 rings (SSSR count). The van der Waals surface area contributed by atoms with Gasteiger partial charge in [0.2, 0.25) is 0 Å². The molecule has 0 saturated carbocycles. The molecule has 21 heavy (non-hydrogen) atoms. The van der Waals surface area contributed by atoms with Crippen molar-refractivity contribution in [2.24, 2.45) is 5.73 Å². The van der Waals surface area contributed by atoms with Gasteiger partial charge in [0.1, 0.15) is 5.75 Å². The monoisotopic (exact) mass is 281 g/mol. The standard InChI is InChI=1S/C19H23NO/c1-2-13-19(20,16-10-4-3-5-11-16)17-12-6-8-15-9-7-14-21-18(15)17/h3-6,8,10-12H,2,7,9,13-14,20H2,1H3. The zero-order valence-corrected chi connectivity index (χ0v) is 12.6. The Morgan fingerprint density at radius 2 is 1.90 bits per heavy atom. The van der Waals surface area contributed by atoms with E-state index in [0.29, 0.717) is 0 Å². The largest absolute Gasteiger partial charge is 0.493 e. The van der Waals surface area contributed by atoms with Gasteiger partial charge in [-0.3, -0.25) is 0 Å². The third kappa shape index (κ3) is 2.56. The average Bonchev–Trinajstić information content (AvgIpc) is 2.55. The fourth-order valence-corrected chi connectivity index (χ4v) is 3.30. The highest BCUT2D eigenvalue weighted by Gasteiger charge is 2.33. The molecule has 0 amide bonds. The number of fused-ring (bicyclic) bond motifs is 1. The summed E-state index contributed by atoms with van der Waals surface area (Å²) in [7, 11) is 0. The van der Waals surface area contributed by atoms with Gasteiger partial charge in [0, 0.05) is 5.56 Å². The fraction of sp³-hybridized carbons (Fsp3) is 0.368. The van der Waals surface area contributed by atoms with Crippen LogP contribution >= 0.6 is 0 Å². The molecular weight excluding hydrogens is 258 g/mol. The maximum atomic E-state index is 6.90. The van der Waals surface area contributed by atoms with Crippen molar-refractivity contribution in [1.82, 2.24) is 0 Å². The van der Waals surface area contributed by atoms with E-state index in [2.05, 4.69) is 49.4 Å². The number of hydrogen-bond acceptors (Lipinski definition) is 2. The summed E-state index contributed by atoms with van der Waals surface area (Å²) in [5.41, 5.74) is 10.0. The SMILES string of the molecule is CCCC(N)(c1ccccc1)c1cccc2c1OCCC2. The molecular formula is C19H23NO. The lowest BCUT2D eigenvalue weighted by atomic mass is 9.78. The Labute approximate surface area is 126 Å². The van der Waals surface area contributed by atoms with Gasteiger partial charge in [0.15, 0.2) is 0 Å². The van der Waals surface area contributed by atoms with Gasteiger partial charge in [-0.2, -0.15) is 0 Å². The molecule has 2 heteroatoms. The van der Waals surface area contributed by atoms with E-state index in [9.17, 15) is 0 Å². The average molecular weight is 281 g/mol. The molecule has 1 aliphatic rings. The van der Waals surface area contributed by atoms with Crippen LogP contribution in [-0.4, -0.2) is 6.61 Å². The van der Waals surface area contributed by atoms with E-state index in [4.69, 9.17) is 10.5 Å². The Morgan fingerprint density at radius 1 is 1.10 bits per heavy atom. The van der Waals surface area contributed by atoms with Crippen LogP contribution in [0.25, 0.3) is 0 Å². The summed E-state index contributed by atoms with van der Waals surface area (Å²) in [6.45, 7) is 2.97. The Kier molecular flexibility index (Phi) is 3.98. The van der Waals surface area contributed by atoms with Crippen molar-refractivity contribution >= 4 is 0 Å². The number of ether oxygens (including phenoxy) is 1.